The van der Waals surface area contributed by atoms with Crippen LogP contribution in [0.5, 0.6) is 5.88 Å². The van der Waals surface area contributed by atoms with E-state index in [2.05, 4.69) is 10.3 Å². The van der Waals surface area contributed by atoms with Crippen LogP contribution >= 0.6 is 0 Å². The Bertz CT molecular complexity index is 515. The van der Waals surface area contributed by atoms with Gasteiger partial charge in [-0.1, -0.05) is 0 Å². The van der Waals surface area contributed by atoms with Gasteiger partial charge in [0.25, 0.3) is 0 Å². The van der Waals surface area contributed by atoms with Gasteiger partial charge in [0, 0.05) is 18.5 Å². The molecule has 7 heteroatoms. The van der Waals surface area contributed by atoms with Crippen molar-refractivity contribution >= 4 is 0 Å². The number of hydrogen-bond acceptors (Lipinski definition) is 3. The molecule has 1 saturated heterocycles. The van der Waals surface area contributed by atoms with Gasteiger partial charge in [0.05, 0.1) is 6.04 Å². The predicted molar refractivity (Wildman–Crippen MR) is 58.5 cm³/mol. The van der Waals surface area contributed by atoms with Gasteiger partial charge in [-0.2, -0.15) is 13.2 Å². The summed E-state index contributed by atoms with van der Waals surface area (Å²) >= 11 is 0. The van der Waals surface area contributed by atoms with E-state index in [1.165, 1.54) is 13.0 Å². The van der Waals surface area contributed by atoms with Crippen LogP contribution in [0.2, 0.25) is 0 Å². The van der Waals surface area contributed by atoms with E-state index >= 15 is 0 Å². The summed E-state index contributed by atoms with van der Waals surface area (Å²) in [4.78, 5) is 3.49. The highest BCUT2D eigenvalue weighted by Gasteiger charge is 2.46. The molecule has 0 unspecified atom stereocenters. The van der Waals surface area contributed by atoms with Crippen LogP contribution in [-0.4, -0.2) is 23.3 Å². The van der Waals surface area contributed by atoms with E-state index < -0.39 is 23.6 Å². The van der Waals surface area contributed by atoms with Crippen molar-refractivity contribution in [1.82, 2.24) is 10.3 Å². The van der Waals surface area contributed by atoms with Gasteiger partial charge in [0.15, 0.2) is 0 Å². The van der Waals surface area contributed by atoms with Crippen molar-refractivity contribution < 1.29 is 22.3 Å². The van der Waals surface area contributed by atoms with Gasteiger partial charge in [0.2, 0.25) is 5.88 Å². The average molecular weight is 276 g/mol. The number of ether oxygens (including phenoxy) is 1. The minimum atomic E-state index is -4.51. The Balaban J connectivity index is 1.92. The van der Waals surface area contributed by atoms with Gasteiger partial charge >= 0.3 is 6.18 Å². The molecular formula is C12H12F4N2O. The molecule has 0 radical (unpaired) electrons. The molecule has 2 aliphatic rings. The largest absolute Gasteiger partial charge is 0.472 e. The highest BCUT2D eigenvalue weighted by Crippen LogP contribution is 2.43. The van der Waals surface area contributed by atoms with Gasteiger partial charge in [-0.3, -0.25) is 0 Å². The molecule has 104 valence electrons. The summed E-state index contributed by atoms with van der Waals surface area (Å²) < 4.78 is 56.9. The fraction of sp³-hybridized carbons (Fsp3) is 0.583. The van der Waals surface area contributed by atoms with Crippen LogP contribution in [0.15, 0.2) is 12.1 Å². The number of nitrogens with zero attached hydrogens (tertiary/aromatic N) is 1. The Morgan fingerprint density at radius 2 is 2.16 bits per heavy atom. The number of fused-ring (bicyclic) bond motifs is 3. The van der Waals surface area contributed by atoms with E-state index in [-0.39, 0.29) is 24.9 Å². The van der Waals surface area contributed by atoms with E-state index in [1.54, 1.807) is 0 Å². The second-order valence-corrected chi connectivity index (χ2v) is 5.22. The van der Waals surface area contributed by atoms with E-state index in [0.29, 0.717) is 5.56 Å². The zero-order valence-electron chi connectivity index (χ0n) is 10.1. The molecule has 0 saturated carbocycles. The normalized spacial score (nSPS) is 33.5. The smallest absolute Gasteiger partial charge is 0.433 e. The maximum absolute atomic E-state index is 13.9. The summed E-state index contributed by atoms with van der Waals surface area (Å²) in [6.45, 7) is 1.59. The second kappa shape index (κ2) is 3.82. The van der Waals surface area contributed by atoms with E-state index in [4.69, 9.17) is 4.74 Å². The molecule has 3 heterocycles. The van der Waals surface area contributed by atoms with Crippen molar-refractivity contribution in [3.8, 4) is 5.88 Å². The first kappa shape index (κ1) is 12.7. The zero-order chi connectivity index (χ0) is 13.8. The second-order valence-electron chi connectivity index (χ2n) is 5.22. The molecule has 0 bridgehead atoms. The first-order valence-electron chi connectivity index (χ1n) is 5.93. The van der Waals surface area contributed by atoms with Crippen molar-refractivity contribution in [3.63, 3.8) is 0 Å². The molecule has 3 nitrogen and oxygen atoms in total. The van der Waals surface area contributed by atoms with Crippen LogP contribution in [0.4, 0.5) is 17.6 Å². The average Bonchev–Trinajstić information content (AvgIpc) is 2.61. The van der Waals surface area contributed by atoms with Crippen LogP contribution in [0.3, 0.4) is 0 Å². The van der Waals surface area contributed by atoms with Crippen LogP contribution in [0.25, 0.3) is 0 Å². The monoisotopic (exact) mass is 276 g/mol. The SMILES string of the molecule is C[C@@]1(F)CN[C@H]2c3ccc(C(F)(F)F)nc3O[C@H]2C1. The highest BCUT2D eigenvalue weighted by atomic mass is 19.4. The number of piperidine rings is 1. The number of pyridine rings is 1. The molecule has 19 heavy (non-hydrogen) atoms. The lowest BCUT2D eigenvalue weighted by Crippen LogP contribution is -2.49. The molecule has 1 aromatic rings. The first-order chi connectivity index (χ1) is 8.76. The summed E-state index contributed by atoms with van der Waals surface area (Å²) in [7, 11) is 0. The number of hydrogen-bond donors (Lipinski definition) is 1. The fourth-order valence-corrected chi connectivity index (χ4v) is 2.57. The van der Waals surface area contributed by atoms with Gasteiger partial charge in [-0.15, -0.1) is 0 Å². The van der Waals surface area contributed by atoms with E-state index in [0.717, 1.165) is 6.07 Å². The molecule has 3 atom stereocenters. The van der Waals surface area contributed by atoms with Crippen molar-refractivity contribution in [3.05, 3.63) is 23.4 Å². The third-order valence-electron chi connectivity index (χ3n) is 3.47. The molecule has 0 amide bonds. The summed E-state index contributed by atoms with van der Waals surface area (Å²) in [6.07, 6.45) is -4.87. The summed E-state index contributed by atoms with van der Waals surface area (Å²) in [5.74, 6) is -0.0463. The molecule has 3 rings (SSSR count). The standard InChI is InChI=1S/C12H12F4N2O/c1-11(13)4-7-9(17-5-11)6-2-3-8(12(14,15)16)18-10(6)19-7/h2-3,7,9,17H,4-5H2,1H3/t7-,9-,11-/m0/s1. The fourth-order valence-electron chi connectivity index (χ4n) is 2.57. The van der Waals surface area contributed by atoms with Crippen LogP contribution in [0, 0.1) is 0 Å². The molecule has 2 aliphatic heterocycles. The van der Waals surface area contributed by atoms with Crippen molar-refractivity contribution in [2.24, 2.45) is 0 Å². The molecule has 0 aromatic carbocycles. The molecule has 1 fully saturated rings. The number of aromatic nitrogens is 1. The number of alkyl halides is 4. The lowest BCUT2D eigenvalue weighted by molar-refractivity contribution is -0.141. The van der Waals surface area contributed by atoms with Crippen LogP contribution in [-0.2, 0) is 6.18 Å². The first-order valence-corrected chi connectivity index (χ1v) is 5.93. The molecule has 0 spiro atoms. The minimum Gasteiger partial charge on any atom is -0.472 e. The Morgan fingerprint density at radius 1 is 1.42 bits per heavy atom. The molecule has 0 aliphatic carbocycles. The number of halogens is 4. The third-order valence-corrected chi connectivity index (χ3v) is 3.47. The van der Waals surface area contributed by atoms with Crippen molar-refractivity contribution in [2.45, 2.75) is 37.3 Å². The third kappa shape index (κ3) is 2.16. The predicted octanol–water partition coefficient (Wildman–Crippen LogP) is 2.62. The van der Waals surface area contributed by atoms with Gasteiger partial charge in [-0.05, 0) is 19.1 Å². The summed E-state index contributed by atoms with van der Waals surface area (Å²) in [5.41, 5.74) is -1.85. The lowest BCUT2D eigenvalue weighted by atomic mass is 9.89. The van der Waals surface area contributed by atoms with Gasteiger partial charge in [-0.25, -0.2) is 9.37 Å². The molecular weight excluding hydrogens is 264 g/mol. The van der Waals surface area contributed by atoms with Crippen molar-refractivity contribution in [1.29, 1.82) is 0 Å². The van der Waals surface area contributed by atoms with Crippen LogP contribution in [0.1, 0.15) is 30.6 Å². The Morgan fingerprint density at radius 3 is 2.84 bits per heavy atom. The van der Waals surface area contributed by atoms with E-state index in [9.17, 15) is 17.6 Å². The van der Waals surface area contributed by atoms with Crippen molar-refractivity contribution in [2.75, 3.05) is 6.54 Å². The van der Waals surface area contributed by atoms with Gasteiger partial charge < -0.3 is 10.1 Å². The number of rotatable bonds is 0. The maximum atomic E-state index is 13.9. The Labute approximate surface area is 107 Å². The minimum absolute atomic E-state index is 0.0463. The molecule has 1 N–H and O–H groups in total. The lowest BCUT2D eigenvalue weighted by Gasteiger charge is -2.34. The molecule has 1 aromatic heterocycles. The summed E-state index contributed by atoms with van der Waals surface area (Å²) in [5, 5.41) is 2.96. The van der Waals surface area contributed by atoms with Gasteiger partial charge in [0.1, 0.15) is 17.5 Å². The van der Waals surface area contributed by atoms with Crippen LogP contribution < -0.4 is 10.1 Å². The Hall–Kier alpha value is -1.37. The highest BCUT2D eigenvalue weighted by molar-refractivity contribution is 5.37. The maximum Gasteiger partial charge on any atom is 0.433 e. The Kier molecular flexibility index (Phi) is 2.54. The quantitative estimate of drug-likeness (QED) is 0.740. The topological polar surface area (TPSA) is 34.2 Å². The summed E-state index contributed by atoms with van der Waals surface area (Å²) in [6, 6.07) is 1.99. The van der Waals surface area contributed by atoms with E-state index in [1.807, 2.05) is 0 Å². The number of nitrogens with one attached hydrogen (secondary N) is 1. The zero-order valence-corrected chi connectivity index (χ0v) is 10.1.